The zero-order valence-electron chi connectivity index (χ0n) is 8.42. The molecule has 1 aromatic carbocycles. The third-order valence-electron chi connectivity index (χ3n) is 2.06. The maximum Gasteiger partial charge on any atom is 0.231 e. The van der Waals surface area contributed by atoms with Gasteiger partial charge < -0.3 is 9.63 Å². The molecule has 1 unspecified atom stereocenters. The van der Waals surface area contributed by atoms with E-state index < -0.39 is 6.10 Å². The van der Waals surface area contributed by atoms with E-state index in [4.69, 9.17) is 4.52 Å². The summed E-state index contributed by atoms with van der Waals surface area (Å²) >= 11 is 0. The number of rotatable bonds is 3. The molecular formula is C11H12N2O2. The smallest absolute Gasteiger partial charge is 0.231 e. The van der Waals surface area contributed by atoms with Gasteiger partial charge in [-0.3, -0.25) is 0 Å². The summed E-state index contributed by atoms with van der Waals surface area (Å²) in [5.41, 5.74) is 1.11. The summed E-state index contributed by atoms with van der Waals surface area (Å²) in [5.74, 6) is 0.859. The second-order valence-electron chi connectivity index (χ2n) is 3.38. The lowest BCUT2D eigenvalue weighted by molar-refractivity contribution is 0.184. The number of benzene rings is 1. The van der Waals surface area contributed by atoms with Crippen molar-refractivity contribution in [1.29, 1.82) is 0 Å². The molecular weight excluding hydrogens is 192 g/mol. The van der Waals surface area contributed by atoms with Crippen LogP contribution in [0.15, 0.2) is 34.9 Å². The Bertz CT molecular complexity index is 423. The van der Waals surface area contributed by atoms with Crippen LogP contribution in [0.2, 0.25) is 0 Å². The van der Waals surface area contributed by atoms with Crippen molar-refractivity contribution in [2.45, 2.75) is 19.4 Å². The first-order valence-electron chi connectivity index (χ1n) is 4.80. The maximum atomic E-state index is 9.22. The van der Waals surface area contributed by atoms with Gasteiger partial charge in [-0.05, 0) is 12.5 Å². The first kappa shape index (κ1) is 9.86. The van der Waals surface area contributed by atoms with E-state index >= 15 is 0 Å². The van der Waals surface area contributed by atoms with Crippen molar-refractivity contribution < 1.29 is 9.63 Å². The van der Waals surface area contributed by atoms with Gasteiger partial charge in [0.05, 0.1) is 6.42 Å². The molecule has 0 fully saturated rings. The molecule has 4 nitrogen and oxygen atoms in total. The fourth-order valence-electron chi connectivity index (χ4n) is 1.28. The summed E-state index contributed by atoms with van der Waals surface area (Å²) in [6.45, 7) is 1.61. The Balaban J connectivity index is 2.12. The predicted octanol–water partition coefficient (Wildman–Crippen LogP) is 1.71. The molecule has 4 heteroatoms. The third-order valence-corrected chi connectivity index (χ3v) is 2.06. The maximum absolute atomic E-state index is 9.22. The molecule has 0 radical (unpaired) electrons. The minimum atomic E-state index is -0.682. The van der Waals surface area contributed by atoms with Crippen LogP contribution in [0.4, 0.5) is 0 Å². The lowest BCUT2D eigenvalue weighted by atomic mass is 10.1. The van der Waals surface area contributed by atoms with Gasteiger partial charge in [-0.15, -0.1) is 0 Å². The highest BCUT2D eigenvalue weighted by Crippen LogP contribution is 2.10. The average molecular weight is 204 g/mol. The molecule has 0 amide bonds. The molecule has 1 N–H and O–H groups in total. The van der Waals surface area contributed by atoms with Crippen molar-refractivity contribution in [3.8, 4) is 0 Å². The molecule has 0 aliphatic rings. The van der Waals surface area contributed by atoms with Gasteiger partial charge >= 0.3 is 0 Å². The van der Waals surface area contributed by atoms with Crippen LogP contribution in [-0.4, -0.2) is 15.2 Å². The van der Waals surface area contributed by atoms with E-state index in [9.17, 15) is 5.11 Å². The van der Waals surface area contributed by atoms with Gasteiger partial charge in [0, 0.05) is 0 Å². The summed E-state index contributed by atoms with van der Waals surface area (Å²) in [5, 5.41) is 12.9. The van der Waals surface area contributed by atoms with Crippen LogP contribution < -0.4 is 0 Å². The van der Waals surface area contributed by atoms with Crippen LogP contribution in [0.5, 0.6) is 0 Å². The second-order valence-corrected chi connectivity index (χ2v) is 3.38. The second kappa shape index (κ2) is 4.23. The van der Waals surface area contributed by atoms with Gasteiger partial charge in [0.1, 0.15) is 6.10 Å². The topological polar surface area (TPSA) is 59.2 Å². The molecule has 0 aliphatic heterocycles. The average Bonchev–Trinajstić information content (AvgIpc) is 2.68. The highest BCUT2D eigenvalue weighted by Gasteiger charge is 2.10. The van der Waals surface area contributed by atoms with Crippen LogP contribution in [0.3, 0.4) is 0 Å². The normalized spacial score (nSPS) is 12.7. The Labute approximate surface area is 87.6 Å². The molecule has 0 aliphatic carbocycles. The molecule has 2 rings (SSSR count). The fourth-order valence-corrected chi connectivity index (χ4v) is 1.28. The Morgan fingerprint density at radius 2 is 2.07 bits per heavy atom. The van der Waals surface area contributed by atoms with E-state index in [1.54, 1.807) is 6.92 Å². The van der Waals surface area contributed by atoms with Crippen molar-refractivity contribution in [2.75, 3.05) is 0 Å². The molecule has 2 aromatic rings. The van der Waals surface area contributed by atoms with E-state index in [2.05, 4.69) is 10.1 Å². The van der Waals surface area contributed by atoms with E-state index in [-0.39, 0.29) is 0 Å². The lowest BCUT2D eigenvalue weighted by Gasteiger charge is -1.94. The van der Waals surface area contributed by atoms with Crippen molar-refractivity contribution in [1.82, 2.24) is 10.1 Å². The molecule has 0 saturated heterocycles. The predicted molar refractivity (Wildman–Crippen MR) is 54.2 cm³/mol. The van der Waals surface area contributed by atoms with Crippen LogP contribution in [-0.2, 0) is 6.42 Å². The summed E-state index contributed by atoms with van der Waals surface area (Å²) in [6, 6.07) is 9.86. The van der Waals surface area contributed by atoms with E-state index in [1.165, 1.54) is 0 Å². The Morgan fingerprint density at radius 3 is 2.67 bits per heavy atom. The lowest BCUT2D eigenvalue weighted by Crippen LogP contribution is -1.94. The summed E-state index contributed by atoms with van der Waals surface area (Å²) < 4.78 is 5.01. The van der Waals surface area contributed by atoms with Crippen LogP contribution >= 0.6 is 0 Å². The summed E-state index contributed by atoms with van der Waals surface area (Å²) in [7, 11) is 0. The molecule has 0 saturated carbocycles. The van der Waals surface area contributed by atoms with Gasteiger partial charge in [0.25, 0.3) is 0 Å². The first-order chi connectivity index (χ1) is 7.25. The van der Waals surface area contributed by atoms with Crippen LogP contribution in [0.1, 0.15) is 30.3 Å². The molecule has 0 spiro atoms. The Morgan fingerprint density at radius 1 is 1.33 bits per heavy atom. The zero-order valence-corrected chi connectivity index (χ0v) is 8.42. The SMILES string of the molecule is CC(O)c1noc(Cc2ccccc2)n1. The monoisotopic (exact) mass is 204 g/mol. The van der Waals surface area contributed by atoms with Crippen molar-refractivity contribution in [3.63, 3.8) is 0 Å². The molecule has 1 heterocycles. The van der Waals surface area contributed by atoms with Gasteiger partial charge in [0.15, 0.2) is 5.82 Å². The highest BCUT2D eigenvalue weighted by atomic mass is 16.5. The fraction of sp³-hybridized carbons (Fsp3) is 0.273. The van der Waals surface area contributed by atoms with Gasteiger partial charge in [-0.1, -0.05) is 35.5 Å². The Kier molecular flexibility index (Phi) is 2.78. The zero-order chi connectivity index (χ0) is 10.7. The third kappa shape index (κ3) is 2.41. The number of hydrogen-bond acceptors (Lipinski definition) is 4. The number of aliphatic hydroxyl groups excluding tert-OH is 1. The van der Waals surface area contributed by atoms with Gasteiger partial charge in [-0.25, -0.2) is 0 Å². The number of aliphatic hydroxyl groups is 1. The standard InChI is InChI=1S/C11H12N2O2/c1-8(14)11-12-10(15-13-11)7-9-5-3-2-4-6-9/h2-6,8,14H,7H2,1H3. The largest absolute Gasteiger partial charge is 0.385 e. The van der Waals surface area contributed by atoms with E-state index in [0.717, 1.165) is 5.56 Å². The number of aromatic nitrogens is 2. The van der Waals surface area contributed by atoms with Gasteiger partial charge in [-0.2, -0.15) is 4.98 Å². The highest BCUT2D eigenvalue weighted by molar-refractivity contribution is 5.17. The number of hydrogen-bond donors (Lipinski definition) is 1. The van der Waals surface area contributed by atoms with Crippen LogP contribution in [0, 0.1) is 0 Å². The van der Waals surface area contributed by atoms with Crippen molar-refractivity contribution >= 4 is 0 Å². The van der Waals surface area contributed by atoms with E-state index in [1.807, 2.05) is 30.3 Å². The minimum Gasteiger partial charge on any atom is -0.385 e. The molecule has 1 aromatic heterocycles. The summed E-state index contributed by atoms with van der Waals surface area (Å²) in [6.07, 6.45) is -0.0844. The molecule has 0 bridgehead atoms. The van der Waals surface area contributed by atoms with Crippen LogP contribution in [0.25, 0.3) is 0 Å². The quantitative estimate of drug-likeness (QED) is 0.826. The Hall–Kier alpha value is -1.68. The van der Waals surface area contributed by atoms with Gasteiger partial charge in [0.2, 0.25) is 5.89 Å². The molecule has 1 atom stereocenters. The van der Waals surface area contributed by atoms with Crippen molar-refractivity contribution in [2.24, 2.45) is 0 Å². The molecule has 15 heavy (non-hydrogen) atoms. The van der Waals surface area contributed by atoms with E-state index in [0.29, 0.717) is 18.1 Å². The minimum absolute atomic E-state index is 0.334. The molecule has 78 valence electrons. The van der Waals surface area contributed by atoms with Crippen molar-refractivity contribution in [3.05, 3.63) is 47.6 Å². The first-order valence-corrected chi connectivity index (χ1v) is 4.80. The number of nitrogens with zero attached hydrogens (tertiary/aromatic N) is 2. The summed E-state index contributed by atoms with van der Waals surface area (Å²) in [4.78, 5) is 4.08.